The van der Waals surface area contributed by atoms with E-state index in [1.165, 1.54) is 0 Å². The molecule has 0 aliphatic heterocycles. The van der Waals surface area contributed by atoms with Gasteiger partial charge in [0.2, 0.25) is 5.88 Å². The zero-order valence-corrected chi connectivity index (χ0v) is 12.8. The van der Waals surface area contributed by atoms with Crippen LogP contribution in [0.5, 0.6) is 5.88 Å². The van der Waals surface area contributed by atoms with Crippen molar-refractivity contribution < 1.29 is 4.74 Å². The van der Waals surface area contributed by atoms with Crippen LogP contribution in [0.1, 0.15) is 32.2 Å². The number of ether oxygens (including phenoxy) is 1. The van der Waals surface area contributed by atoms with E-state index in [-0.39, 0.29) is 5.54 Å². The minimum atomic E-state index is 0.0531. The predicted molar refractivity (Wildman–Crippen MR) is 82.1 cm³/mol. The zero-order chi connectivity index (χ0) is 15.1. The van der Waals surface area contributed by atoms with Crippen molar-refractivity contribution in [1.82, 2.24) is 20.3 Å². The monoisotopic (exact) mass is 286 g/mol. The first-order valence-electron chi connectivity index (χ1n) is 7.11. The van der Waals surface area contributed by atoms with Crippen molar-refractivity contribution in [2.45, 2.75) is 39.3 Å². The van der Waals surface area contributed by atoms with Crippen LogP contribution < -0.4 is 10.1 Å². The fraction of sp³-hybridized carbons (Fsp3) is 0.438. The van der Waals surface area contributed by atoms with Crippen LogP contribution in [0.4, 0.5) is 0 Å². The lowest BCUT2D eigenvalue weighted by molar-refractivity contribution is 0.304. The van der Waals surface area contributed by atoms with Crippen molar-refractivity contribution in [1.29, 1.82) is 0 Å². The van der Waals surface area contributed by atoms with Gasteiger partial charge in [0.25, 0.3) is 0 Å². The van der Waals surface area contributed by atoms with Crippen LogP contribution in [0.15, 0.2) is 36.8 Å². The number of rotatable bonds is 6. The summed E-state index contributed by atoms with van der Waals surface area (Å²) in [5.41, 5.74) is 1.94. The summed E-state index contributed by atoms with van der Waals surface area (Å²) in [4.78, 5) is 12.9. The normalized spacial score (nSPS) is 11.4. The molecule has 0 atom stereocenters. The molecule has 2 aromatic rings. The van der Waals surface area contributed by atoms with Crippen LogP contribution in [-0.2, 0) is 13.0 Å². The maximum Gasteiger partial charge on any atom is 0.232 e. The molecule has 5 heteroatoms. The summed E-state index contributed by atoms with van der Waals surface area (Å²) in [5.74, 6) is 0.555. The Morgan fingerprint density at radius 2 is 2.00 bits per heavy atom. The molecule has 112 valence electrons. The SMILES string of the molecule is CC(C)(C)NCc1cncc(OCCc2ccccn2)n1. The average Bonchev–Trinajstić information content (AvgIpc) is 2.46. The third kappa shape index (κ3) is 5.87. The van der Waals surface area contributed by atoms with Crippen LogP contribution in [0.25, 0.3) is 0 Å². The number of hydrogen-bond donors (Lipinski definition) is 1. The van der Waals surface area contributed by atoms with Gasteiger partial charge in [-0.3, -0.25) is 9.97 Å². The molecule has 2 heterocycles. The third-order valence-electron chi connectivity index (χ3n) is 2.80. The zero-order valence-electron chi connectivity index (χ0n) is 12.8. The summed E-state index contributed by atoms with van der Waals surface area (Å²) >= 11 is 0. The molecule has 0 radical (unpaired) electrons. The minimum Gasteiger partial charge on any atom is -0.476 e. The van der Waals surface area contributed by atoms with Gasteiger partial charge in [0.05, 0.1) is 18.5 Å². The van der Waals surface area contributed by atoms with Gasteiger partial charge < -0.3 is 10.1 Å². The highest BCUT2D eigenvalue weighted by Crippen LogP contribution is 2.07. The van der Waals surface area contributed by atoms with Gasteiger partial charge in [-0.1, -0.05) is 6.07 Å². The fourth-order valence-corrected chi connectivity index (χ4v) is 1.70. The summed E-state index contributed by atoms with van der Waals surface area (Å²) in [6, 6.07) is 5.86. The molecule has 0 spiro atoms. The molecule has 0 saturated carbocycles. The Kier molecular flexibility index (Phi) is 5.22. The van der Waals surface area contributed by atoms with Crippen LogP contribution in [0.3, 0.4) is 0 Å². The second-order valence-corrected chi connectivity index (χ2v) is 5.87. The van der Waals surface area contributed by atoms with E-state index in [4.69, 9.17) is 4.74 Å². The molecule has 2 aromatic heterocycles. The van der Waals surface area contributed by atoms with Gasteiger partial charge in [-0.05, 0) is 32.9 Å². The van der Waals surface area contributed by atoms with E-state index in [9.17, 15) is 0 Å². The number of pyridine rings is 1. The molecule has 0 fully saturated rings. The van der Waals surface area contributed by atoms with Crippen LogP contribution >= 0.6 is 0 Å². The van der Waals surface area contributed by atoms with Crippen molar-refractivity contribution in [3.63, 3.8) is 0 Å². The quantitative estimate of drug-likeness (QED) is 0.883. The Bertz CT molecular complexity index is 552. The lowest BCUT2D eigenvalue weighted by atomic mass is 10.1. The molecular weight excluding hydrogens is 264 g/mol. The fourth-order valence-electron chi connectivity index (χ4n) is 1.70. The van der Waals surface area contributed by atoms with Gasteiger partial charge in [-0.25, -0.2) is 4.98 Å². The Balaban J connectivity index is 1.83. The third-order valence-corrected chi connectivity index (χ3v) is 2.80. The van der Waals surface area contributed by atoms with E-state index in [0.717, 1.165) is 17.8 Å². The van der Waals surface area contributed by atoms with Crippen LogP contribution in [-0.4, -0.2) is 27.1 Å². The number of nitrogens with zero attached hydrogens (tertiary/aromatic N) is 3. The summed E-state index contributed by atoms with van der Waals surface area (Å²) < 4.78 is 5.64. The molecule has 0 amide bonds. The largest absolute Gasteiger partial charge is 0.476 e. The highest BCUT2D eigenvalue weighted by molar-refractivity contribution is 5.09. The molecule has 0 unspecified atom stereocenters. The molecule has 2 rings (SSSR count). The molecule has 0 aliphatic carbocycles. The molecule has 0 saturated heterocycles. The smallest absolute Gasteiger partial charge is 0.232 e. The van der Waals surface area contributed by atoms with Crippen molar-refractivity contribution in [2.75, 3.05) is 6.61 Å². The second kappa shape index (κ2) is 7.13. The van der Waals surface area contributed by atoms with Gasteiger partial charge in [-0.15, -0.1) is 0 Å². The number of nitrogens with one attached hydrogen (secondary N) is 1. The first-order chi connectivity index (χ1) is 10.0. The van der Waals surface area contributed by atoms with Crippen molar-refractivity contribution in [3.8, 4) is 5.88 Å². The standard InChI is InChI=1S/C16H22N4O/c1-16(2,3)19-11-14-10-17-12-15(20-14)21-9-7-13-6-4-5-8-18-13/h4-6,8,10,12,19H,7,9,11H2,1-3H3. The Hall–Kier alpha value is -2.01. The van der Waals surface area contributed by atoms with E-state index >= 15 is 0 Å². The van der Waals surface area contributed by atoms with Crippen LogP contribution in [0, 0.1) is 0 Å². The van der Waals surface area contributed by atoms with E-state index < -0.39 is 0 Å². The number of hydrogen-bond acceptors (Lipinski definition) is 5. The highest BCUT2D eigenvalue weighted by Gasteiger charge is 2.09. The molecule has 0 aromatic carbocycles. The summed E-state index contributed by atoms with van der Waals surface area (Å²) in [7, 11) is 0. The minimum absolute atomic E-state index is 0.0531. The van der Waals surface area contributed by atoms with Crippen LogP contribution in [0.2, 0.25) is 0 Å². The molecule has 1 N–H and O–H groups in total. The topological polar surface area (TPSA) is 59.9 Å². The second-order valence-electron chi connectivity index (χ2n) is 5.87. The van der Waals surface area contributed by atoms with Gasteiger partial charge in [0.1, 0.15) is 0 Å². The van der Waals surface area contributed by atoms with Crippen molar-refractivity contribution in [2.24, 2.45) is 0 Å². The molecule has 21 heavy (non-hydrogen) atoms. The predicted octanol–water partition coefficient (Wildman–Crippen LogP) is 2.38. The van der Waals surface area contributed by atoms with Gasteiger partial charge >= 0.3 is 0 Å². The van der Waals surface area contributed by atoms with Gasteiger partial charge in [-0.2, -0.15) is 0 Å². The first kappa shape index (κ1) is 15.4. The van der Waals surface area contributed by atoms with Crippen molar-refractivity contribution in [3.05, 3.63) is 48.2 Å². The maximum atomic E-state index is 5.64. The molecule has 0 bridgehead atoms. The summed E-state index contributed by atoms with van der Waals surface area (Å²) in [6.45, 7) is 7.57. The molecule has 0 aliphatic rings. The maximum absolute atomic E-state index is 5.64. The Morgan fingerprint density at radius 1 is 1.14 bits per heavy atom. The van der Waals surface area contributed by atoms with E-state index in [1.54, 1.807) is 18.6 Å². The molecular formula is C16H22N4O. The highest BCUT2D eigenvalue weighted by atomic mass is 16.5. The van der Waals surface area contributed by atoms with E-state index in [2.05, 4.69) is 41.0 Å². The van der Waals surface area contributed by atoms with E-state index in [0.29, 0.717) is 19.0 Å². The Labute approximate surface area is 125 Å². The molecule has 5 nitrogen and oxygen atoms in total. The summed E-state index contributed by atoms with van der Waals surface area (Å²) in [5, 5.41) is 3.38. The average molecular weight is 286 g/mol. The van der Waals surface area contributed by atoms with Crippen molar-refractivity contribution >= 4 is 0 Å². The van der Waals surface area contributed by atoms with E-state index in [1.807, 2.05) is 18.2 Å². The lowest BCUT2D eigenvalue weighted by Crippen LogP contribution is -2.35. The summed E-state index contributed by atoms with van der Waals surface area (Å²) in [6.07, 6.45) is 5.93. The first-order valence-corrected chi connectivity index (χ1v) is 7.11. The lowest BCUT2D eigenvalue weighted by Gasteiger charge is -2.20. The van der Waals surface area contributed by atoms with Gasteiger partial charge in [0, 0.05) is 36.6 Å². The van der Waals surface area contributed by atoms with Gasteiger partial charge in [0.15, 0.2) is 0 Å². The number of aromatic nitrogens is 3. The Morgan fingerprint density at radius 3 is 2.71 bits per heavy atom.